The number of ether oxygens (including phenoxy) is 6. The molecule has 1 heterocycles. The van der Waals surface area contributed by atoms with E-state index in [2.05, 4.69) is 0 Å². The summed E-state index contributed by atoms with van der Waals surface area (Å²) in [7, 11) is 4.11. The molecule has 2 aromatic rings. The molecule has 0 saturated carbocycles. The van der Waals surface area contributed by atoms with E-state index in [1.54, 1.807) is 18.2 Å². The van der Waals surface area contributed by atoms with E-state index in [0.29, 0.717) is 22.6 Å². The van der Waals surface area contributed by atoms with Crippen LogP contribution in [0.1, 0.15) is 30.4 Å². The molecule has 1 N–H and O–H groups in total. The standard InChI is InChI=1S/C21H22O9/c1-11(22)30-21-18(25-2)5-12(6-19(21)26-3)13(8-20(24)27-4)14-7-16-17(9-15(14)23)29-10-28-16/h5-7,9,13,23H,8,10H2,1-4H3/t13-/m0/s1. The number of aromatic hydroxyl groups is 1. The highest BCUT2D eigenvalue weighted by Gasteiger charge is 2.28. The quantitative estimate of drug-likeness (QED) is 0.536. The zero-order chi connectivity index (χ0) is 21.8. The Kier molecular flexibility index (Phi) is 6.20. The largest absolute Gasteiger partial charge is 0.508 e. The van der Waals surface area contributed by atoms with Crippen molar-refractivity contribution in [3.8, 4) is 34.5 Å². The van der Waals surface area contributed by atoms with Gasteiger partial charge >= 0.3 is 11.9 Å². The first-order valence-electron chi connectivity index (χ1n) is 9.01. The minimum Gasteiger partial charge on any atom is -0.508 e. The van der Waals surface area contributed by atoms with Gasteiger partial charge in [0.05, 0.1) is 27.8 Å². The normalized spacial score (nSPS) is 12.8. The Balaban J connectivity index is 2.15. The number of hydrogen-bond donors (Lipinski definition) is 1. The molecule has 0 unspecified atom stereocenters. The topological polar surface area (TPSA) is 110 Å². The van der Waals surface area contributed by atoms with Crippen molar-refractivity contribution in [1.29, 1.82) is 0 Å². The number of methoxy groups -OCH3 is 3. The highest BCUT2D eigenvalue weighted by Crippen LogP contribution is 2.46. The molecular formula is C21H22O9. The van der Waals surface area contributed by atoms with Crippen LogP contribution in [0.4, 0.5) is 0 Å². The lowest BCUT2D eigenvalue weighted by Gasteiger charge is -2.21. The molecule has 0 fully saturated rings. The molecule has 1 atom stereocenters. The zero-order valence-corrected chi connectivity index (χ0v) is 17.0. The fourth-order valence-corrected chi connectivity index (χ4v) is 3.23. The summed E-state index contributed by atoms with van der Waals surface area (Å²) in [5, 5.41) is 10.6. The van der Waals surface area contributed by atoms with Gasteiger partial charge in [-0.2, -0.15) is 0 Å². The van der Waals surface area contributed by atoms with Crippen LogP contribution in [0.2, 0.25) is 0 Å². The number of esters is 2. The molecule has 0 amide bonds. The van der Waals surface area contributed by atoms with Gasteiger partial charge in [-0.25, -0.2) is 0 Å². The molecule has 1 aliphatic rings. The number of hydrogen-bond acceptors (Lipinski definition) is 9. The lowest BCUT2D eigenvalue weighted by molar-refractivity contribution is -0.140. The van der Waals surface area contributed by atoms with Crippen molar-refractivity contribution in [3.63, 3.8) is 0 Å². The van der Waals surface area contributed by atoms with Crippen molar-refractivity contribution in [2.75, 3.05) is 28.1 Å². The molecule has 0 bridgehead atoms. The molecule has 0 spiro atoms. The molecule has 0 saturated heterocycles. The third-order valence-corrected chi connectivity index (χ3v) is 4.63. The molecule has 0 aliphatic carbocycles. The second-order valence-electron chi connectivity index (χ2n) is 6.45. The second kappa shape index (κ2) is 8.81. The summed E-state index contributed by atoms with van der Waals surface area (Å²) in [6.07, 6.45) is -0.0804. The molecule has 9 nitrogen and oxygen atoms in total. The number of fused-ring (bicyclic) bond motifs is 1. The van der Waals surface area contributed by atoms with Crippen LogP contribution in [0.3, 0.4) is 0 Å². The van der Waals surface area contributed by atoms with Gasteiger partial charge in [0.1, 0.15) is 5.75 Å². The summed E-state index contributed by atoms with van der Waals surface area (Å²) in [5.41, 5.74) is 0.994. The van der Waals surface area contributed by atoms with Crippen LogP contribution >= 0.6 is 0 Å². The third-order valence-electron chi connectivity index (χ3n) is 4.63. The van der Waals surface area contributed by atoms with E-state index in [-0.39, 0.29) is 36.2 Å². The highest BCUT2D eigenvalue weighted by molar-refractivity contribution is 5.74. The third kappa shape index (κ3) is 4.19. The van der Waals surface area contributed by atoms with Crippen molar-refractivity contribution in [1.82, 2.24) is 0 Å². The number of phenols is 1. The van der Waals surface area contributed by atoms with Crippen molar-refractivity contribution < 1.29 is 43.1 Å². The van der Waals surface area contributed by atoms with E-state index in [4.69, 9.17) is 28.4 Å². The average molecular weight is 418 g/mol. The van der Waals surface area contributed by atoms with E-state index in [1.165, 1.54) is 34.3 Å². The van der Waals surface area contributed by atoms with Crippen molar-refractivity contribution >= 4 is 11.9 Å². The number of carbonyl (C=O) groups excluding carboxylic acids is 2. The van der Waals surface area contributed by atoms with Gasteiger partial charge in [-0.05, 0) is 23.8 Å². The first kappa shape index (κ1) is 21.1. The van der Waals surface area contributed by atoms with Gasteiger partial charge in [0.25, 0.3) is 0 Å². The lowest BCUT2D eigenvalue weighted by atomic mass is 9.87. The van der Waals surface area contributed by atoms with Crippen molar-refractivity contribution in [2.45, 2.75) is 19.3 Å². The second-order valence-corrected chi connectivity index (χ2v) is 6.45. The lowest BCUT2D eigenvalue weighted by Crippen LogP contribution is -2.12. The maximum atomic E-state index is 12.1. The molecule has 3 rings (SSSR count). The van der Waals surface area contributed by atoms with Crippen LogP contribution in [-0.2, 0) is 14.3 Å². The zero-order valence-electron chi connectivity index (χ0n) is 17.0. The smallest absolute Gasteiger partial charge is 0.308 e. The monoisotopic (exact) mass is 418 g/mol. The summed E-state index contributed by atoms with van der Waals surface area (Å²) in [4.78, 5) is 23.6. The van der Waals surface area contributed by atoms with Gasteiger partial charge in [-0.3, -0.25) is 9.59 Å². The molecule has 0 aromatic heterocycles. The molecule has 9 heteroatoms. The number of phenolic OH excluding ortho intramolecular Hbond substituents is 1. The van der Waals surface area contributed by atoms with Gasteiger partial charge in [0, 0.05) is 24.5 Å². The minimum atomic E-state index is -0.638. The molecule has 1 aliphatic heterocycles. The maximum Gasteiger partial charge on any atom is 0.308 e. The van der Waals surface area contributed by atoms with Gasteiger partial charge < -0.3 is 33.5 Å². The average Bonchev–Trinajstić information content (AvgIpc) is 3.18. The van der Waals surface area contributed by atoms with Gasteiger partial charge in [-0.1, -0.05) is 0 Å². The van der Waals surface area contributed by atoms with Crippen LogP contribution in [0.25, 0.3) is 0 Å². The van der Waals surface area contributed by atoms with Crippen LogP contribution in [-0.4, -0.2) is 45.2 Å². The Hall–Kier alpha value is -3.62. The van der Waals surface area contributed by atoms with E-state index in [1.807, 2.05) is 0 Å². The maximum absolute atomic E-state index is 12.1. The Morgan fingerprint density at radius 3 is 2.17 bits per heavy atom. The van der Waals surface area contributed by atoms with Gasteiger partial charge in [-0.15, -0.1) is 0 Å². The van der Waals surface area contributed by atoms with Gasteiger partial charge in [0.2, 0.25) is 12.5 Å². The summed E-state index contributed by atoms with van der Waals surface area (Å²) in [5.74, 6) is -0.303. The predicted molar refractivity (Wildman–Crippen MR) is 104 cm³/mol. The SMILES string of the molecule is COC(=O)C[C@@H](c1cc(OC)c(OC(C)=O)c(OC)c1)c1cc2c(cc1O)OCO2. The number of rotatable bonds is 7. The van der Waals surface area contributed by atoms with Crippen LogP contribution in [0.5, 0.6) is 34.5 Å². The Morgan fingerprint density at radius 2 is 1.63 bits per heavy atom. The van der Waals surface area contributed by atoms with Crippen molar-refractivity contribution in [3.05, 3.63) is 35.4 Å². The number of carbonyl (C=O) groups is 2. The highest BCUT2D eigenvalue weighted by atomic mass is 16.7. The molecular weight excluding hydrogens is 396 g/mol. The summed E-state index contributed by atoms with van der Waals surface area (Å²) in [6.45, 7) is 1.30. The van der Waals surface area contributed by atoms with Crippen LogP contribution < -0.4 is 23.7 Å². The van der Waals surface area contributed by atoms with E-state index in [0.717, 1.165) is 0 Å². The first-order valence-corrected chi connectivity index (χ1v) is 9.01. The minimum absolute atomic E-state index is 0.0403. The predicted octanol–water partition coefficient (Wildman–Crippen LogP) is 2.76. The first-order chi connectivity index (χ1) is 14.4. The molecule has 2 aromatic carbocycles. The molecule has 0 radical (unpaired) electrons. The van der Waals surface area contributed by atoms with E-state index < -0.39 is 17.9 Å². The van der Waals surface area contributed by atoms with Crippen LogP contribution in [0.15, 0.2) is 24.3 Å². The van der Waals surface area contributed by atoms with Gasteiger partial charge in [0.15, 0.2) is 23.0 Å². The Bertz CT molecular complexity index is 942. The van der Waals surface area contributed by atoms with E-state index >= 15 is 0 Å². The summed E-state index contributed by atoms with van der Waals surface area (Å²) >= 11 is 0. The fourth-order valence-electron chi connectivity index (χ4n) is 3.23. The Morgan fingerprint density at radius 1 is 1.03 bits per heavy atom. The molecule has 160 valence electrons. The summed E-state index contributed by atoms with van der Waals surface area (Å²) in [6, 6.07) is 6.27. The fraction of sp³-hybridized carbons (Fsp3) is 0.333. The Labute approximate surface area is 173 Å². The molecule has 30 heavy (non-hydrogen) atoms. The van der Waals surface area contributed by atoms with E-state index in [9.17, 15) is 14.7 Å². The number of benzene rings is 2. The van der Waals surface area contributed by atoms with Crippen molar-refractivity contribution in [2.24, 2.45) is 0 Å². The summed E-state index contributed by atoms with van der Waals surface area (Å²) < 4.78 is 31.5. The van der Waals surface area contributed by atoms with Crippen LogP contribution in [0, 0.1) is 0 Å².